The Bertz CT molecular complexity index is 468. The van der Waals surface area contributed by atoms with Gasteiger partial charge in [0.2, 0.25) is 0 Å². The fraction of sp³-hybridized carbons (Fsp3) is 0.632. The van der Waals surface area contributed by atoms with Crippen LogP contribution in [0.1, 0.15) is 56.3 Å². The monoisotopic (exact) mass is 355 g/mol. The summed E-state index contributed by atoms with van der Waals surface area (Å²) < 4.78 is 11.3. The van der Waals surface area contributed by atoms with E-state index < -0.39 is 0 Å². The molecule has 4 nitrogen and oxygen atoms in total. The molecule has 0 heterocycles. The summed E-state index contributed by atoms with van der Waals surface area (Å²) in [7, 11) is 0. The Hall–Kier alpha value is -1.26. The lowest BCUT2D eigenvalue weighted by Gasteiger charge is -2.23. The van der Waals surface area contributed by atoms with Crippen LogP contribution in [-0.2, 0) is 4.74 Å². The van der Waals surface area contributed by atoms with E-state index in [1.807, 2.05) is 12.1 Å². The van der Waals surface area contributed by atoms with E-state index >= 15 is 0 Å². The minimum atomic E-state index is -0.263. The van der Waals surface area contributed by atoms with Gasteiger partial charge in [0.25, 0.3) is 0 Å². The molecule has 1 aromatic carbocycles. The zero-order valence-corrected chi connectivity index (χ0v) is 15.6. The first kappa shape index (κ1) is 20.8. The van der Waals surface area contributed by atoms with Crippen molar-refractivity contribution in [1.29, 1.82) is 0 Å². The van der Waals surface area contributed by atoms with Gasteiger partial charge in [-0.05, 0) is 63.0 Å². The Morgan fingerprint density at radius 3 is 2.29 bits per heavy atom. The second-order valence-electron chi connectivity index (χ2n) is 6.07. The van der Waals surface area contributed by atoms with Crippen molar-refractivity contribution in [3.8, 4) is 5.75 Å². The van der Waals surface area contributed by atoms with Gasteiger partial charge in [-0.1, -0.05) is 20.3 Å². The van der Waals surface area contributed by atoms with Gasteiger partial charge in [0.1, 0.15) is 12.4 Å². The second kappa shape index (κ2) is 11.3. The SMILES string of the molecule is CCN(CC)CCOC(=O)c1ccc(OC2CCCCC2)cc1.Cl. The summed E-state index contributed by atoms with van der Waals surface area (Å²) >= 11 is 0. The van der Waals surface area contributed by atoms with Crippen LogP contribution in [0, 0.1) is 0 Å². The van der Waals surface area contributed by atoms with E-state index in [-0.39, 0.29) is 18.4 Å². The van der Waals surface area contributed by atoms with Crippen LogP contribution in [0.5, 0.6) is 5.75 Å². The molecular formula is C19H30ClNO3. The molecular weight excluding hydrogens is 326 g/mol. The molecule has 1 fully saturated rings. The number of esters is 1. The molecule has 5 heteroatoms. The lowest BCUT2D eigenvalue weighted by molar-refractivity contribution is 0.0466. The molecule has 1 aliphatic carbocycles. The average Bonchev–Trinajstić information content (AvgIpc) is 2.60. The number of nitrogens with zero attached hydrogens (tertiary/aromatic N) is 1. The number of hydrogen-bond acceptors (Lipinski definition) is 4. The van der Waals surface area contributed by atoms with E-state index in [0.717, 1.165) is 38.2 Å². The van der Waals surface area contributed by atoms with E-state index in [9.17, 15) is 4.79 Å². The Morgan fingerprint density at radius 1 is 1.08 bits per heavy atom. The molecule has 0 atom stereocenters. The summed E-state index contributed by atoms with van der Waals surface area (Å²) in [5.74, 6) is 0.581. The maximum absolute atomic E-state index is 12.0. The van der Waals surface area contributed by atoms with Gasteiger partial charge >= 0.3 is 5.97 Å². The summed E-state index contributed by atoms with van der Waals surface area (Å²) in [4.78, 5) is 14.3. The van der Waals surface area contributed by atoms with Crippen molar-refractivity contribution in [3.63, 3.8) is 0 Å². The molecule has 24 heavy (non-hydrogen) atoms. The fourth-order valence-corrected chi connectivity index (χ4v) is 2.94. The van der Waals surface area contributed by atoms with Gasteiger partial charge in [-0.2, -0.15) is 0 Å². The topological polar surface area (TPSA) is 38.8 Å². The predicted octanol–water partition coefficient (Wildman–Crippen LogP) is 4.32. The lowest BCUT2D eigenvalue weighted by Crippen LogP contribution is -2.27. The summed E-state index contributed by atoms with van der Waals surface area (Å²) in [6.45, 7) is 7.37. The summed E-state index contributed by atoms with van der Waals surface area (Å²) in [6.07, 6.45) is 6.42. The smallest absolute Gasteiger partial charge is 0.338 e. The first-order chi connectivity index (χ1) is 11.2. The van der Waals surface area contributed by atoms with Gasteiger partial charge in [0, 0.05) is 6.54 Å². The number of rotatable bonds is 8. The van der Waals surface area contributed by atoms with Crippen LogP contribution in [0.2, 0.25) is 0 Å². The van der Waals surface area contributed by atoms with Crippen LogP contribution in [0.15, 0.2) is 24.3 Å². The highest BCUT2D eigenvalue weighted by Crippen LogP contribution is 2.23. The van der Waals surface area contributed by atoms with Gasteiger partial charge in [-0.3, -0.25) is 0 Å². The van der Waals surface area contributed by atoms with Crippen LogP contribution < -0.4 is 4.74 Å². The molecule has 0 aromatic heterocycles. The Kier molecular flexibility index (Phi) is 9.80. The van der Waals surface area contributed by atoms with Crippen molar-refractivity contribution in [2.45, 2.75) is 52.1 Å². The first-order valence-electron chi connectivity index (χ1n) is 8.89. The molecule has 136 valence electrons. The number of carbonyl (C=O) groups excluding carboxylic acids is 1. The Labute approximate surface area is 151 Å². The third-order valence-electron chi connectivity index (χ3n) is 4.48. The molecule has 2 rings (SSSR count). The summed E-state index contributed by atoms with van der Waals surface area (Å²) in [5, 5.41) is 0. The van der Waals surface area contributed by atoms with Crippen LogP contribution in [0.25, 0.3) is 0 Å². The third-order valence-corrected chi connectivity index (χ3v) is 4.48. The molecule has 0 amide bonds. The minimum Gasteiger partial charge on any atom is -0.490 e. The molecule has 0 unspecified atom stereocenters. The van der Waals surface area contributed by atoms with Crippen molar-refractivity contribution >= 4 is 18.4 Å². The van der Waals surface area contributed by atoms with E-state index in [4.69, 9.17) is 9.47 Å². The van der Waals surface area contributed by atoms with Gasteiger partial charge in [0.05, 0.1) is 11.7 Å². The molecule has 1 saturated carbocycles. The van der Waals surface area contributed by atoms with Crippen molar-refractivity contribution in [2.24, 2.45) is 0 Å². The summed E-state index contributed by atoms with van der Waals surface area (Å²) in [6, 6.07) is 7.32. The Balaban J connectivity index is 0.00000288. The minimum absolute atomic E-state index is 0. The van der Waals surface area contributed by atoms with Gasteiger partial charge in [-0.15, -0.1) is 12.4 Å². The molecule has 0 N–H and O–H groups in total. The first-order valence-corrected chi connectivity index (χ1v) is 8.89. The van der Waals surface area contributed by atoms with Crippen molar-refractivity contribution < 1.29 is 14.3 Å². The highest BCUT2D eigenvalue weighted by molar-refractivity contribution is 5.89. The quantitative estimate of drug-likeness (QED) is 0.651. The largest absolute Gasteiger partial charge is 0.490 e. The normalized spacial score (nSPS) is 15.0. The lowest BCUT2D eigenvalue weighted by atomic mass is 9.98. The number of ether oxygens (including phenoxy) is 2. The van der Waals surface area contributed by atoms with Crippen molar-refractivity contribution in [2.75, 3.05) is 26.2 Å². The number of benzene rings is 1. The zero-order valence-electron chi connectivity index (χ0n) is 14.8. The molecule has 1 aromatic rings. The zero-order chi connectivity index (χ0) is 16.5. The van der Waals surface area contributed by atoms with E-state index in [2.05, 4.69) is 18.7 Å². The van der Waals surface area contributed by atoms with Gasteiger partial charge in [0.15, 0.2) is 0 Å². The van der Waals surface area contributed by atoms with E-state index in [1.165, 1.54) is 19.3 Å². The fourth-order valence-electron chi connectivity index (χ4n) is 2.94. The maximum Gasteiger partial charge on any atom is 0.338 e. The number of likely N-dealkylation sites (N-methyl/N-ethyl adjacent to an activating group) is 1. The average molecular weight is 356 g/mol. The van der Waals surface area contributed by atoms with Crippen LogP contribution in [-0.4, -0.2) is 43.2 Å². The second-order valence-corrected chi connectivity index (χ2v) is 6.07. The summed E-state index contributed by atoms with van der Waals surface area (Å²) in [5.41, 5.74) is 0.584. The number of halogens is 1. The Morgan fingerprint density at radius 2 is 1.71 bits per heavy atom. The molecule has 0 saturated heterocycles. The van der Waals surface area contributed by atoms with E-state index in [0.29, 0.717) is 18.3 Å². The molecule has 0 spiro atoms. The van der Waals surface area contributed by atoms with E-state index in [1.54, 1.807) is 12.1 Å². The number of hydrogen-bond donors (Lipinski definition) is 0. The maximum atomic E-state index is 12.0. The molecule has 0 bridgehead atoms. The molecule has 0 radical (unpaired) electrons. The van der Waals surface area contributed by atoms with Crippen molar-refractivity contribution in [1.82, 2.24) is 4.90 Å². The number of carbonyl (C=O) groups is 1. The predicted molar refractivity (Wildman–Crippen MR) is 99.3 cm³/mol. The molecule has 0 aliphatic heterocycles. The molecule has 1 aliphatic rings. The van der Waals surface area contributed by atoms with Gasteiger partial charge < -0.3 is 14.4 Å². The third kappa shape index (κ3) is 6.70. The standard InChI is InChI=1S/C19H29NO3.ClH/c1-3-20(4-2)14-15-22-19(21)16-10-12-18(13-11-16)23-17-8-6-5-7-9-17;/h10-13,17H,3-9,14-15H2,1-2H3;1H. The van der Waals surface area contributed by atoms with Crippen LogP contribution >= 0.6 is 12.4 Å². The van der Waals surface area contributed by atoms with Crippen LogP contribution in [0.3, 0.4) is 0 Å². The highest BCUT2D eigenvalue weighted by atomic mass is 35.5. The van der Waals surface area contributed by atoms with Crippen LogP contribution in [0.4, 0.5) is 0 Å². The van der Waals surface area contributed by atoms with Crippen molar-refractivity contribution in [3.05, 3.63) is 29.8 Å². The van der Waals surface area contributed by atoms with Gasteiger partial charge in [-0.25, -0.2) is 4.79 Å². The highest BCUT2D eigenvalue weighted by Gasteiger charge is 2.15.